The number of quaternary nitrogens is 1. The zero-order valence-corrected chi connectivity index (χ0v) is 18.2. The van der Waals surface area contributed by atoms with Gasteiger partial charge in [-0.05, 0) is 49.1 Å². The zero-order valence-electron chi connectivity index (χ0n) is 17.4. The van der Waals surface area contributed by atoms with Crippen molar-refractivity contribution in [1.29, 1.82) is 0 Å². The Balaban J connectivity index is 1.53. The van der Waals surface area contributed by atoms with Crippen molar-refractivity contribution in [3.05, 3.63) is 64.7 Å². The van der Waals surface area contributed by atoms with Crippen molar-refractivity contribution in [3.63, 3.8) is 0 Å². The molecule has 0 atom stereocenters. The van der Waals surface area contributed by atoms with Gasteiger partial charge in [0.1, 0.15) is 0 Å². The smallest absolute Gasteiger partial charge is 0.275 e. The van der Waals surface area contributed by atoms with Crippen LogP contribution in [0, 0.1) is 20.8 Å². The Morgan fingerprint density at radius 3 is 2.41 bits per heavy atom. The summed E-state index contributed by atoms with van der Waals surface area (Å²) in [4.78, 5) is 13.8. The normalized spacial score (nSPS) is 16.0. The van der Waals surface area contributed by atoms with Crippen LogP contribution in [-0.4, -0.2) is 51.4 Å². The summed E-state index contributed by atoms with van der Waals surface area (Å²) in [6, 6.07) is 13.5. The zero-order chi connectivity index (χ0) is 21.0. The highest BCUT2D eigenvalue weighted by atomic mass is 32.2. The van der Waals surface area contributed by atoms with Crippen LogP contribution in [0.1, 0.15) is 22.3 Å². The Bertz CT molecular complexity index is 981. The topological polar surface area (TPSA) is 70.9 Å². The first-order chi connectivity index (χ1) is 13.8. The van der Waals surface area contributed by atoms with E-state index in [9.17, 15) is 13.2 Å². The molecule has 156 valence electrons. The quantitative estimate of drug-likeness (QED) is 0.732. The lowest BCUT2D eigenvalue weighted by Gasteiger charge is -2.31. The number of hydrogen-bond acceptors (Lipinski definition) is 3. The molecule has 1 aliphatic rings. The van der Waals surface area contributed by atoms with E-state index < -0.39 is 10.0 Å². The molecule has 2 aromatic rings. The molecule has 6 nitrogen and oxygen atoms in total. The van der Waals surface area contributed by atoms with Crippen molar-refractivity contribution in [2.24, 2.45) is 0 Å². The second-order valence-corrected chi connectivity index (χ2v) is 9.71. The van der Waals surface area contributed by atoms with Crippen molar-refractivity contribution in [2.45, 2.75) is 32.2 Å². The van der Waals surface area contributed by atoms with Crippen molar-refractivity contribution < 1.29 is 18.1 Å². The summed E-state index contributed by atoms with van der Waals surface area (Å²) in [5.41, 5.74) is 3.97. The Labute approximate surface area is 173 Å². The molecule has 0 aromatic heterocycles. The van der Waals surface area contributed by atoms with Gasteiger partial charge < -0.3 is 10.2 Å². The fourth-order valence-electron chi connectivity index (χ4n) is 3.64. The van der Waals surface area contributed by atoms with Crippen LogP contribution in [0.5, 0.6) is 0 Å². The predicted octanol–water partition coefficient (Wildman–Crippen LogP) is 0.817. The van der Waals surface area contributed by atoms with Gasteiger partial charge in [0.15, 0.2) is 6.54 Å². The first-order valence-corrected chi connectivity index (χ1v) is 11.4. The number of nitrogens with zero attached hydrogens (tertiary/aromatic N) is 1. The number of carbonyl (C=O) groups excluding carboxylic acids is 1. The van der Waals surface area contributed by atoms with E-state index in [1.807, 2.05) is 57.2 Å². The van der Waals surface area contributed by atoms with Crippen LogP contribution in [0.4, 0.5) is 0 Å². The standard InChI is InChI=1S/C22H29N3O3S/c1-17-8-9-19(3)21(14-17)29(27,28)25-12-10-24(11-13-25)16-22(26)23-15-20-7-5-4-6-18(20)2/h4-9,14H,10-13,15-16H2,1-3H3,(H,23,26)/p+1. The fourth-order valence-corrected chi connectivity index (χ4v) is 5.39. The van der Waals surface area contributed by atoms with Crippen LogP contribution < -0.4 is 10.2 Å². The van der Waals surface area contributed by atoms with Crippen LogP contribution >= 0.6 is 0 Å². The van der Waals surface area contributed by atoms with Crippen molar-refractivity contribution in [1.82, 2.24) is 9.62 Å². The fraction of sp³-hybridized carbons (Fsp3) is 0.409. The van der Waals surface area contributed by atoms with Gasteiger partial charge in [-0.2, -0.15) is 4.31 Å². The maximum atomic E-state index is 13.0. The van der Waals surface area contributed by atoms with Gasteiger partial charge in [-0.3, -0.25) is 4.79 Å². The van der Waals surface area contributed by atoms with E-state index in [2.05, 4.69) is 5.32 Å². The van der Waals surface area contributed by atoms with Gasteiger partial charge in [0.25, 0.3) is 5.91 Å². The molecule has 1 aliphatic heterocycles. The number of piperazine rings is 1. The highest BCUT2D eigenvalue weighted by molar-refractivity contribution is 7.89. The number of carbonyl (C=O) groups is 1. The Morgan fingerprint density at radius 2 is 1.72 bits per heavy atom. The summed E-state index contributed by atoms with van der Waals surface area (Å²) < 4.78 is 27.6. The molecule has 0 saturated carbocycles. The number of rotatable bonds is 6. The van der Waals surface area contributed by atoms with Crippen molar-refractivity contribution in [3.8, 4) is 0 Å². The molecule has 0 unspecified atom stereocenters. The molecule has 1 amide bonds. The third kappa shape index (κ3) is 5.23. The first-order valence-electron chi connectivity index (χ1n) is 9.99. The van der Waals surface area contributed by atoms with Gasteiger partial charge in [-0.1, -0.05) is 36.4 Å². The molecular weight excluding hydrogens is 386 g/mol. The van der Waals surface area contributed by atoms with Gasteiger partial charge in [-0.15, -0.1) is 0 Å². The third-order valence-electron chi connectivity index (χ3n) is 5.54. The largest absolute Gasteiger partial charge is 0.347 e. The molecule has 1 fully saturated rings. The molecule has 2 aromatic carbocycles. The molecule has 29 heavy (non-hydrogen) atoms. The van der Waals surface area contributed by atoms with E-state index in [-0.39, 0.29) is 5.91 Å². The minimum Gasteiger partial charge on any atom is -0.347 e. The van der Waals surface area contributed by atoms with Crippen LogP contribution in [0.15, 0.2) is 47.4 Å². The molecular formula is C22H30N3O3S+. The van der Waals surface area contributed by atoms with Crippen LogP contribution in [0.3, 0.4) is 0 Å². The van der Waals surface area contributed by atoms with Crippen LogP contribution in [0.2, 0.25) is 0 Å². The third-order valence-corrected chi connectivity index (χ3v) is 7.58. The average molecular weight is 417 g/mol. The van der Waals surface area contributed by atoms with Gasteiger partial charge in [0, 0.05) is 6.54 Å². The van der Waals surface area contributed by atoms with Gasteiger partial charge in [0.05, 0.1) is 31.1 Å². The van der Waals surface area contributed by atoms with Crippen molar-refractivity contribution in [2.75, 3.05) is 32.7 Å². The lowest BCUT2D eigenvalue weighted by Crippen LogP contribution is -3.15. The number of hydrogen-bond donors (Lipinski definition) is 2. The number of nitrogens with one attached hydrogen (secondary N) is 2. The number of aryl methyl sites for hydroxylation is 3. The maximum Gasteiger partial charge on any atom is 0.275 e. The van der Waals surface area contributed by atoms with Gasteiger partial charge in [-0.25, -0.2) is 8.42 Å². The number of amides is 1. The second kappa shape index (κ2) is 9.07. The lowest BCUT2D eigenvalue weighted by molar-refractivity contribution is -0.895. The Kier molecular flexibility index (Phi) is 6.72. The molecule has 0 bridgehead atoms. The molecule has 1 heterocycles. The minimum atomic E-state index is -3.50. The van der Waals surface area contributed by atoms with Crippen LogP contribution in [-0.2, 0) is 21.4 Å². The van der Waals surface area contributed by atoms with E-state index in [1.54, 1.807) is 10.4 Å². The van der Waals surface area contributed by atoms with Crippen LogP contribution in [0.25, 0.3) is 0 Å². The van der Waals surface area contributed by atoms with E-state index >= 15 is 0 Å². The summed E-state index contributed by atoms with van der Waals surface area (Å²) in [6.45, 7) is 8.75. The molecule has 7 heteroatoms. The second-order valence-electron chi connectivity index (χ2n) is 7.80. The monoisotopic (exact) mass is 416 g/mol. The molecule has 0 radical (unpaired) electrons. The minimum absolute atomic E-state index is 0.00547. The van der Waals surface area contributed by atoms with E-state index in [0.29, 0.717) is 44.2 Å². The molecule has 2 N–H and O–H groups in total. The summed E-state index contributed by atoms with van der Waals surface area (Å²) in [5.74, 6) is -0.00547. The summed E-state index contributed by atoms with van der Waals surface area (Å²) in [6.07, 6.45) is 0. The van der Waals surface area contributed by atoms with Gasteiger partial charge in [0.2, 0.25) is 10.0 Å². The first kappa shape index (κ1) is 21.5. The number of sulfonamides is 1. The van der Waals surface area contributed by atoms with E-state index in [4.69, 9.17) is 0 Å². The average Bonchev–Trinajstić information content (AvgIpc) is 2.69. The number of benzene rings is 2. The van der Waals surface area contributed by atoms with Crippen molar-refractivity contribution >= 4 is 15.9 Å². The maximum absolute atomic E-state index is 13.0. The highest BCUT2D eigenvalue weighted by Crippen LogP contribution is 2.21. The summed E-state index contributed by atoms with van der Waals surface area (Å²) >= 11 is 0. The summed E-state index contributed by atoms with van der Waals surface area (Å²) in [7, 11) is -3.50. The molecule has 0 aliphatic carbocycles. The molecule has 3 rings (SSSR count). The Hall–Kier alpha value is -2.22. The van der Waals surface area contributed by atoms with Gasteiger partial charge >= 0.3 is 0 Å². The lowest BCUT2D eigenvalue weighted by atomic mass is 10.1. The molecule has 1 saturated heterocycles. The predicted molar refractivity (Wildman–Crippen MR) is 113 cm³/mol. The highest BCUT2D eigenvalue weighted by Gasteiger charge is 2.32. The summed E-state index contributed by atoms with van der Waals surface area (Å²) in [5, 5.41) is 2.98. The van der Waals surface area contributed by atoms with E-state index in [1.165, 1.54) is 0 Å². The Morgan fingerprint density at radius 1 is 1.03 bits per heavy atom. The van der Waals surface area contributed by atoms with E-state index in [0.717, 1.165) is 27.2 Å². The molecule has 0 spiro atoms. The SMILES string of the molecule is Cc1ccc(C)c(S(=O)(=O)N2CC[NH+](CC(=O)NCc3ccccc3C)CC2)c1.